The van der Waals surface area contributed by atoms with Gasteiger partial charge < -0.3 is 9.63 Å². The molecule has 0 unspecified atom stereocenters. The van der Waals surface area contributed by atoms with Crippen LogP contribution in [0, 0.1) is 27.7 Å². The van der Waals surface area contributed by atoms with Crippen LogP contribution >= 0.6 is 0 Å². The second-order valence-electron chi connectivity index (χ2n) is 6.40. The maximum Gasteiger partial charge on any atom is 0.232 e. The van der Waals surface area contributed by atoms with E-state index >= 15 is 0 Å². The number of aromatic hydroxyl groups is 1. The summed E-state index contributed by atoms with van der Waals surface area (Å²) in [7, 11) is 0. The van der Waals surface area contributed by atoms with Gasteiger partial charge in [0.25, 0.3) is 0 Å². The average Bonchev–Trinajstić information content (AvgIpc) is 2.83. The number of nitrogens with zero attached hydrogens (tertiary/aromatic N) is 2. The molecule has 0 aliphatic carbocycles. The summed E-state index contributed by atoms with van der Waals surface area (Å²) in [6, 6.07) is 0. The number of hydrogen-bond acceptors (Lipinski definition) is 4. The van der Waals surface area contributed by atoms with Crippen molar-refractivity contribution in [3.63, 3.8) is 0 Å². The number of benzene rings is 1. The smallest absolute Gasteiger partial charge is 0.232 e. The minimum atomic E-state index is -0.186. The van der Waals surface area contributed by atoms with Crippen LogP contribution in [0.5, 0.6) is 5.75 Å². The van der Waals surface area contributed by atoms with Gasteiger partial charge in [-0.05, 0) is 44.4 Å². The molecule has 1 N–H and O–H groups in total. The molecule has 0 aliphatic heterocycles. The van der Waals surface area contributed by atoms with Crippen molar-refractivity contribution in [2.75, 3.05) is 0 Å². The normalized spacial score (nSPS) is 11.9. The predicted molar refractivity (Wildman–Crippen MR) is 79.0 cm³/mol. The molecule has 0 saturated heterocycles. The average molecular weight is 274 g/mol. The minimum absolute atomic E-state index is 0.186. The summed E-state index contributed by atoms with van der Waals surface area (Å²) < 4.78 is 5.36. The highest BCUT2D eigenvalue weighted by Gasteiger charge is 2.25. The van der Waals surface area contributed by atoms with Crippen molar-refractivity contribution in [1.82, 2.24) is 10.1 Å². The third kappa shape index (κ3) is 2.19. The second-order valence-corrected chi connectivity index (χ2v) is 6.40. The Bertz CT molecular complexity index is 635. The molecule has 0 aliphatic rings. The Morgan fingerprint density at radius 3 is 2.00 bits per heavy atom. The zero-order valence-electron chi connectivity index (χ0n) is 13.2. The van der Waals surface area contributed by atoms with Crippen molar-refractivity contribution in [2.45, 2.75) is 53.9 Å². The molecule has 0 radical (unpaired) electrons. The molecule has 0 spiro atoms. The van der Waals surface area contributed by atoms with Crippen LogP contribution in [-0.2, 0) is 5.41 Å². The van der Waals surface area contributed by atoms with Gasteiger partial charge in [0, 0.05) is 16.5 Å². The van der Waals surface area contributed by atoms with E-state index in [1.54, 1.807) is 0 Å². The van der Waals surface area contributed by atoms with Crippen LogP contribution in [0.4, 0.5) is 0 Å². The first-order valence-corrected chi connectivity index (χ1v) is 6.78. The molecule has 108 valence electrons. The number of aromatic nitrogens is 2. The Morgan fingerprint density at radius 2 is 1.50 bits per heavy atom. The Hall–Kier alpha value is -1.84. The molecule has 20 heavy (non-hydrogen) atoms. The lowest BCUT2D eigenvalue weighted by Crippen LogP contribution is -2.11. The lowest BCUT2D eigenvalue weighted by atomic mass is 9.92. The second kappa shape index (κ2) is 4.62. The maximum atomic E-state index is 10.2. The third-order valence-electron chi connectivity index (χ3n) is 3.88. The molecule has 4 nitrogen and oxygen atoms in total. The SMILES string of the molecule is Cc1c(C)c(O)c(C)c(-c2noc(C(C)(C)C)n2)c1C. The highest BCUT2D eigenvalue weighted by atomic mass is 16.5. The van der Waals surface area contributed by atoms with E-state index in [1.807, 2.05) is 48.5 Å². The molecule has 0 bridgehead atoms. The van der Waals surface area contributed by atoms with Crippen molar-refractivity contribution < 1.29 is 9.63 Å². The molecule has 2 rings (SSSR count). The number of rotatable bonds is 1. The van der Waals surface area contributed by atoms with E-state index in [2.05, 4.69) is 10.1 Å². The van der Waals surface area contributed by atoms with E-state index in [9.17, 15) is 5.11 Å². The fraction of sp³-hybridized carbons (Fsp3) is 0.500. The fourth-order valence-electron chi connectivity index (χ4n) is 2.29. The number of phenolic OH excluding ortho intramolecular Hbond substituents is 1. The molecule has 2 aromatic rings. The Balaban J connectivity index is 2.68. The van der Waals surface area contributed by atoms with E-state index in [-0.39, 0.29) is 5.41 Å². The van der Waals surface area contributed by atoms with Gasteiger partial charge >= 0.3 is 0 Å². The van der Waals surface area contributed by atoms with Crippen molar-refractivity contribution in [3.05, 3.63) is 28.1 Å². The first kappa shape index (κ1) is 14.6. The quantitative estimate of drug-likeness (QED) is 0.854. The molecular formula is C16H22N2O2. The highest BCUT2D eigenvalue weighted by Crippen LogP contribution is 2.37. The van der Waals surface area contributed by atoms with Gasteiger partial charge in [0.15, 0.2) is 0 Å². The van der Waals surface area contributed by atoms with E-state index in [1.165, 1.54) is 0 Å². The summed E-state index contributed by atoms with van der Waals surface area (Å²) in [5, 5.41) is 14.3. The number of phenols is 1. The van der Waals surface area contributed by atoms with E-state index in [0.717, 1.165) is 27.8 Å². The van der Waals surface area contributed by atoms with E-state index in [4.69, 9.17) is 4.52 Å². The van der Waals surface area contributed by atoms with Crippen molar-refractivity contribution in [3.8, 4) is 17.1 Å². The standard InChI is InChI=1S/C16H22N2O2/c1-8-9(2)12(11(4)13(19)10(8)3)14-17-15(20-18-14)16(5,6)7/h19H,1-7H3. The molecule has 0 saturated carbocycles. The summed E-state index contributed by atoms with van der Waals surface area (Å²) in [4.78, 5) is 4.50. The zero-order valence-corrected chi connectivity index (χ0v) is 13.2. The third-order valence-corrected chi connectivity index (χ3v) is 3.88. The van der Waals surface area contributed by atoms with Crippen molar-refractivity contribution in [1.29, 1.82) is 0 Å². The molecule has 0 amide bonds. The van der Waals surface area contributed by atoms with Crippen molar-refractivity contribution in [2.24, 2.45) is 0 Å². The highest BCUT2D eigenvalue weighted by molar-refractivity contribution is 5.71. The van der Waals surface area contributed by atoms with Gasteiger partial charge in [0.2, 0.25) is 11.7 Å². The van der Waals surface area contributed by atoms with Gasteiger partial charge in [-0.1, -0.05) is 25.9 Å². The minimum Gasteiger partial charge on any atom is -0.507 e. The summed E-state index contributed by atoms with van der Waals surface area (Å²) in [5.74, 6) is 1.46. The molecule has 1 aromatic carbocycles. The van der Waals surface area contributed by atoms with Crippen LogP contribution in [0.3, 0.4) is 0 Å². The Labute approximate surface area is 119 Å². The first-order chi connectivity index (χ1) is 9.14. The largest absolute Gasteiger partial charge is 0.507 e. The fourth-order valence-corrected chi connectivity index (χ4v) is 2.29. The maximum absolute atomic E-state index is 10.2. The molecule has 0 atom stereocenters. The monoisotopic (exact) mass is 274 g/mol. The van der Waals surface area contributed by atoms with Crippen LogP contribution in [0.1, 0.15) is 48.9 Å². The first-order valence-electron chi connectivity index (χ1n) is 6.78. The van der Waals surface area contributed by atoms with E-state index < -0.39 is 0 Å². The van der Waals surface area contributed by atoms with Crippen LogP contribution < -0.4 is 0 Å². The van der Waals surface area contributed by atoms with E-state index in [0.29, 0.717) is 17.5 Å². The topological polar surface area (TPSA) is 59.2 Å². The van der Waals surface area contributed by atoms with Crippen molar-refractivity contribution >= 4 is 0 Å². The van der Waals surface area contributed by atoms with Crippen LogP contribution in [0.15, 0.2) is 4.52 Å². The molecule has 0 fully saturated rings. The van der Waals surface area contributed by atoms with Gasteiger partial charge in [0.05, 0.1) is 0 Å². The number of hydrogen-bond donors (Lipinski definition) is 1. The zero-order chi connectivity index (χ0) is 15.2. The Kier molecular flexibility index (Phi) is 3.36. The summed E-state index contributed by atoms with van der Waals surface area (Å²) in [6.07, 6.45) is 0. The lowest BCUT2D eigenvalue weighted by Gasteiger charge is -2.15. The van der Waals surface area contributed by atoms with Gasteiger partial charge in [-0.25, -0.2) is 0 Å². The van der Waals surface area contributed by atoms with Crippen LogP contribution in [-0.4, -0.2) is 15.2 Å². The Morgan fingerprint density at radius 1 is 0.900 bits per heavy atom. The van der Waals surface area contributed by atoms with Crippen LogP contribution in [0.25, 0.3) is 11.4 Å². The summed E-state index contributed by atoms with van der Waals surface area (Å²) in [5.41, 5.74) is 4.53. The van der Waals surface area contributed by atoms with Gasteiger partial charge in [-0.2, -0.15) is 4.98 Å². The van der Waals surface area contributed by atoms with Gasteiger partial charge in [-0.3, -0.25) is 0 Å². The van der Waals surface area contributed by atoms with Crippen LogP contribution in [0.2, 0.25) is 0 Å². The van der Waals surface area contributed by atoms with Gasteiger partial charge in [0.1, 0.15) is 5.75 Å². The summed E-state index contributed by atoms with van der Waals surface area (Å²) in [6.45, 7) is 13.9. The van der Waals surface area contributed by atoms with Gasteiger partial charge in [-0.15, -0.1) is 0 Å². The molecule has 1 heterocycles. The predicted octanol–water partition coefficient (Wildman–Crippen LogP) is 3.97. The summed E-state index contributed by atoms with van der Waals surface area (Å²) >= 11 is 0. The molecule has 4 heteroatoms. The lowest BCUT2D eigenvalue weighted by molar-refractivity contribution is 0.321. The molecule has 1 aromatic heterocycles. The molecular weight excluding hydrogens is 252 g/mol.